The average Bonchev–Trinajstić information content (AvgIpc) is 3.01. The van der Waals surface area contributed by atoms with E-state index in [4.69, 9.17) is 9.15 Å². The molecule has 1 saturated heterocycles. The molecule has 110 valence electrons. The number of nitrogens with zero attached hydrogens (tertiary/aromatic N) is 3. The first-order valence-corrected chi connectivity index (χ1v) is 6.66. The molecule has 2 aromatic rings. The number of hydrogen-bond donors (Lipinski definition) is 0. The lowest BCUT2D eigenvalue weighted by atomic mass is 10.2. The average molecular weight is 289 g/mol. The molecular weight excluding hydrogens is 274 g/mol. The minimum atomic E-state index is -0.436. The number of hydrogen-bond acceptors (Lipinski definition) is 6. The second kappa shape index (κ2) is 5.53. The van der Waals surface area contributed by atoms with Crippen LogP contribution in [0.4, 0.5) is 11.5 Å². The Morgan fingerprint density at radius 1 is 1.52 bits per heavy atom. The quantitative estimate of drug-likeness (QED) is 0.637. The van der Waals surface area contributed by atoms with Crippen LogP contribution in [-0.4, -0.2) is 29.6 Å². The molecule has 0 saturated carbocycles. The van der Waals surface area contributed by atoms with Crippen LogP contribution in [0.25, 0.3) is 0 Å². The molecule has 1 fully saturated rings. The summed E-state index contributed by atoms with van der Waals surface area (Å²) in [6.07, 6.45) is 2.76. The lowest BCUT2D eigenvalue weighted by molar-refractivity contribution is -0.385. The third-order valence-corrected chi connectivity index (χ3v) is 3.47. The van der Waals surface area contributed by atoms with Crippen molar-refractivity contribution in [3.8, 4) is 0 Å². The minimum Gasteiger partial charge on any atom is -0.467 e. The molecule has 7 heteroatoms. The summed E-state index contributed by atoms with van der Waals surface area (Å²) in [5.74, 6) is 1.53. The molecule has 21 heavy (non-hydrogen) atoms. The zero-order chi connectivity index (χ0) is 14.8. The zero-order valence-electron chi connectivity index (χ0n) is 11.6. The van der Waals surface area contributed by atoms with E-state index in [1.165, 1.54) is 6.20 Å². The van der Waals surface area contributed by atoms with E-state index in [0.717, 1.165) is 17.1 Å². The van der Waals surface area contributed by atoms with Crippen LogP contribution >= 0.6 is 0 Å². The van der Waals surface area contributed by atoms with Crippen LogP contribution < -0.4 is 4.90 Å². The fraction of sp³-hybridized carbons (Fsp3) is 0.357. The highest BCUT2D eigenvalue weighted by Crippen LogP contribution is 2.28. The minimum absolute atomic E-state index is 0.00657. The van der Waals surface area contributed by atoms with Gasteiger partial charge in [-0.15, -0.1) is 0 Å². The Balaban J connectivity index is 1.82. The molecule has 1 aliphatic heterocycles. The summed E-state index contributed by atoms with van der Waals surface area (Å²) in [4.78, 5) is 16.6. The lowest BCUT2D eigenvalue weighted by Gasteiger charge is -2.33. The van der Waals surface area contributed by atoms with Crippen molar-refractivity contribution in [1.82, 2.24) is 4.98 Å². The predicted molar refractivity (Wildman–Crippen MR) is 75.2 cm³/mol. The second-order valence-corrected chi connectivity index (χ2v) is 4.91. The Morgan fingerprint density at radius 2 is 2.38 bits per heavy atom. The number of aromatic nitrogens is 1. The highest BCUT2D eigenvalue weighted by atomic mass is 16.6. The van der Waals surface area contributed by atoms with Gasteiger partial charge in [0.15, 0.2) is 0 Å². The first-order chi connectivity index (χ1) is 10.1. The molecule has 0 radical (unpaired) electrons. The van der Waals surface area contributed by atoms with Crippen LogP contribution in [0.1, 0.15) is 17.4 Å². The maximum absolute atomic E-state index is 10.8. The molecule has 7 nitrogen and oxygen atoms in total. The van der Waals surface area contributed by atoms with E-state index in [1.807, 2.05) is 19.1 Å². The number of nitro groups is 1. The largest absolute Gasteiger partial charge is 0.467 e. The van der Waals surface area contributed by atoms with Crippen LogP contribution in [0.2, 0.25) is 0 Å². The van der Waals surface area contributed by atoms with Crippen LogP contribution in [0.5, 0.6) is 0 Å². The van der Waals surface area contributed by atoms with E-state index in [0.29, 0.717) is 19.7 Å². The lowest BCUT2D eigenvalue weighted by Crippen LogP contribution is -2.39. The zero-order valence-corrected chi connectivity index (χ0v) is 11.6. The van der Waals surface area contributed by atoms with Gasteiger partial charge in [-0.2, -0.15) is 0 Å². The second-order valence-electron chi connectivity index (χ2n) is 4.91. The molecule has 3 heterocycles. The van der Waals surface area contributed by atoms with Crippen LogP contribution in [-0.2, 0) is 4.74 Å². The van der Waals surface area contributed by atoms with Gasteiger partial charge in [-0.3, -0.25) is 10.1 Å². The van der Waals surface area contributed by atoms with Crippen LogP contribution in [0, 0.1) is 17.0 Å². The van der Waals surface area contributed by atoms with Gasteiger partial charge in [0.25, 0.3) is 5.69 Å². The Hall–Kier alpha value is -2.41. The van der Waals surface area contributed by atoms with Gasteiger partial charge in [0.05, 0.1) is 24.3 Å². The third-order valence-electron chi connectivity index (χ3n) is 3.47. The summed E-state index contributed by atoms with van der Waals surface area (Å²) in [5, 5.41) is 10.8. The van der Waals surface area contributed by atoms with Gasteiger partial charge in [0.2, 0.25) is 0 Å². The van der Waals surface area contributed by atoms with Crippen molar-refractivity contribution < 1.29 is 14.1 Å². The molecule has 0 N–H and O–H groups in total. The van der Waals surface area contributed by atoms with Crippen molar-refractivity contribution >= 4 is 11.5 Å². The number of anilines is 1. The number of aryl methyl sites for hydroxylation is 1. The normalized spacial score (nSPS) is 18.7. The summed E-state index contributed by atoms with van der Waals surface area (Å²) < 4.78 is 11.1. The smallest absolute Gasteiger partial charge is 0.287 e. The van der Waals surface area contributed by atoms with Gasteiger partial charge < -0.3 is 14.1 Å². The van der Waals surface area contributed by atoms with Crippen molar-refractivity contribution in [3.63, 3.8) is 0 Å². The van der Waals surface area contributed by atoms with E-state index < -0.39 is 4.92 Å². The molecule has 0 amide bonds. The van der Waals surface area contributed by atoms with E-state index >= 15 is 0 Å². The van der Waals surface area contributed by atoms with Crippen LogP contribution in [0.3, 0.4) is 0 Å². The van der Waals surface area contributed by atoms with Crippen molar-refractivity contribution in [2.24, 2.45) is 0 Å². The van der Waals surface area contributed by atoms with Gasteiger partial charge in [0.1, 0.15) is 23.9 Å². The van der Waals surface area contributed by atoms with Crippen LogP contribution in [0.15, 0.2) is 35.1 Å². The first kappa shape index (κ1) is 13.6. The summed E-state index contributed by atoms with van der Waals surface area (Å²) in [5.41, 5.74) is 0.788. The third kappa shape index (κ3) is 2.73. The molecule has 0 aliphatic carbocycles. The SMILES string of the molecule is Cc1cc([N+](=O)[O-])cnc1N1CCOC(c2ccco2)C1. The monoisotopic (exact) mass is 289 g/mol. The van der Waals surface area contributed by atoms with Gasteiger partial charge in [-0.25, -0.2) is 4.98 Å². The van der Waals surface area contributed by atoms with Gasteiger partial charge in [-0.1, -0.05) is 0 Å². The van der Waals surface area contributed by atoms with Gasteiger partial charge in [-0.05, 0) is 24.6 Å². The molecule has 0 spiro atoms. The molecule has 2 aromatic heterocycles. The summed E-state index contributed by atoms with van der Waals surface area (Å²) >= 11 is 0. The number of pyridine rings is 1. The topological polar surface area (TPSA) is 81.6 Å². The van der Waals surface area contributed by atoms with Crippen molar-refractivity contribution in [2.45, 2.75) is 13.0 Å². The number of rotatable bonds is 3. The summed E-state index contributed by atoms with van der Waals surface area (Å²) in [6, 6.07) is 5.25. The molecule has 1 aliphatic rings. The van der Waals surface area contributed by atoms with E-state index in [2.05, 4.69) is 9.88 Å². The van der Waals surface area contributed by atoms with Crippen molar-refractivity contribution in [3.05, 3.63) is 52.1 Å². The van der Waals surface area contributed by atoms with Crippen molar-refractivity contribution in [1.29, 1.82) is 0 Å². The molecule has 0 bridgehead atoms. The molecule has 0 aromatic carbocycles. The highest BCUT2D eigenvalue weighted by Gasteiger charge is 2.26. The van der Waals surface area contributed by atoms with E-state index in [-0.39, 0.29) is 11.8 Å². The Bertz CT molecular complexity index is 642. The standard InChI is InChI=1S/C14H15N3O4/c1-10-7-11(17(18)19)8-15-14(10)16-4-6-21-13(9-16)12-3-2-5-20-12/h2-3,5,7-8,13H,4,6,9H2,1H3. The fourth-order valence-corrected chi connectivity index (χ4v) is 2.47. The van der Waals surface area contributed by atoms with Crippen molar-refractivity contribution in [2.75, 3.05) is 24.6 Å². The molecule has 3 rings (SSSR count). The summed E-state index contributed by atoms with van der Waals surface area (Å²) in [6.45, 7) is 3.69. The first-order valence-electron chi connectivity index (χ1n) is 6.66. The maximum Gasteiger partial charge on any atom is 0.287 e. The molecule has 1 unspecified atom stereocenters. The van der Waals surface area contributed by atoms with E-state index in [9.17, 15) is 10.1 Å². The summed E-state index contributed by atoms with van der Waals surface area (Å²) in [7, 11) is 0. The molecule has 1 atom stereocenters. The van der Waals surface area contributed by atoms with Gasteiger partial charge >= 0.3 is 0 Å². The maximum atomic E-state index is 10.8. The Labute approximate surface area is 121 Å². The predicted octanol–water partition coefficient (Wildman–Crippen LogP) is 2.47. The van der Waals surface area contributed by atoms with Gasteiger partial charge in [0, 0.05) is 12.6 Å². The highest BCUT2D eigenvalue weighted by molar-refractivity contribution is 5.51. The fourth-order valence-electron chi connectivity index (χ4n) is 2.47. The number of ether oxygens (including phenoxy) is 1. The Morgan fingerprint density at radius 3 is 3.05 bits per heavy atom. The number of morpholine rings is 1. The number of furan rings is 1. The van der Waals surface area contributed by atoms with E-state index in [1.54, 1.807) is 12.3 Å². The molecular formula is C14H15N3O4. The Kier molecular flexibility index (Phi) is 3.57.